The van der Waals surface area contributed by atoms with Gasteiger partial charge in [0.25, 0.3) is 0 Å². The second-order valence-corrected chi connectivity index (χ2v) is 9.28. The molecule has 2 aromatic heterocycles. The van der Waals surface area contributed by atoms with Crippen molar-refractivity contribution < 1.29 is 9.90 Å². The van der Waals surface area contributed by atoms with Gasteiger partial charge in [0.15, 0.2) is 0 Å². The van der Waals surface area contributed by atoms with Crippen molar-refractivity contribution in [1.29, 1.82) is 0 Å². The number of imidazole rings is 1. The smallest absolute Gasteiger partial charge is 0.231 e. The topological polar surface area (TPSA) is 80.0 Å². The maximum absolute atomic E-state index is 13.4. The fraction of sp³-hybridized carbons (Fsp3) is 0.591. The number of aliphatic hydroxyl groups is 1. The highest BCUT2D eigenvalue weighted by atomic mass is 16.3. The summed E-state index contributed by atoms with van der Waals surface area (Å²) in [6, 6.07) is 3.78. The Balaban J connectivity index is 1.29. The van der Waals surface area contributed by atoms with Crippen LogP contribution in [0, 0.1) is 11.3 Å². The Labute approximate surface area is 165 Å². The van der Waals surface area contributed by atoms with E-state index in [4.69, 9.17) is 0 Å². The van der Waals surface area contributed by atoms with Crippen molar-refractivity contribution in [2.75, 3.05) is 0 Å². The molecule has 1 unspecified atom stereocenters. The lowest BCUT2D eigenvalue weighted by atomic mass is 9.43. The molecule has 6 heteroatoms. The van der Waals surface area contributed by atoms with Gasteiger partial charge in [-0.1, -0.05) is 12.5 Å². The number of pyridine rings is 1. The van der Waals surface area contributed by atoms with Gasteiger partial charge < -0.3 is 15.0 Å². The number of nitrogens with zero attached hydrogens (tertiary/aromatic N) is 3. The molecule has 0 radical (unpaired) electrons. The highest BCUT2D eigenvalue weighted by Crippen LogP contribution is 2.65. The molecule has 2 N–H and O–H groups in total. The minimum Gasteiger partial charge on any atom is -0.391 e. The van der Waals surface area contributed by atoms with Gasteiger partial charge in [-0.25, -0.2) is 4.98 Å². The molecule has 148 valence electrons. The number of carbonyl (C=O) groups is 1. The van der Waals surface area contributed by atoms with Crippen LogP contribution in [0.2, 0.25) is 0 Å². The molecule has 3 fully saturated rings. The number of amides is 1. The largest absolute Gasteiger partial charge is 0.391 e. The van der Waals surface area contributed by atoms with Crippen LogP contribution in [0.3, 0.4) is 0 Å². The molecule has 2 aromatic rings. The Bertz CT molecular complexity index is 823. The summed E-state index contributed by atoms with van der Waals surface area (Å²) >= 11 is 0. The van der Waals surface area contributed by atoms with Crippen molar-refractivity contribution in [2.45, 2.75) is 69.1 Å². The highest BCUT2D eigenvalue weighted by Gasteiger charge is 2.61. The Morgan fingerprint density at radius 1 is 1.25 bits per heavy atom. The second kappa shape index (κ2) is 6.69. The van der Waals surface area contributed by atoms with Crippen molar-refractivity contribution in [3.05, 3.63) is 48.8 Å². The zero-order valence-corrected chi connectivity index (χ0v) is 16.1. The van der Waals surface area contributed by atoms with Crippen molar-refractivity contribution in [3.8, 4) is 0 Å². The Hall–Kier alpha value is -2.21. The summed E-state index contributed by atoms with van der Waals surface area (Å²) in [5.74, 6) is 0.425. The van der Waals surface area contributed by atoms with Crippen molar-refractivity contribution in [3.63, 3.8) is 0 Å². The number of hydrogen-bond acceptors (Lipinski definition) is 4. The first-order valence-corrected chi connectivity index (χ1v) is 10.4. The summed E-state index contributed by atoms with van der Waals surface area (Å²) in [6.07, 6.45) is 15.8. The van der Waals surface area contributed by atoms with Crippen LogP contribution in [-0.4, -0.2) is 37.7 Å². The highest BCUT2D eigenvalue weighted by molar-refractivity contribution is 5.90. The molecule has 0 saturated heterocycles. The van der Waals surface area contributed by atoms with Crippen LogP contribution < -0.4 is 5.32 Å². The second-order valence-electron chi connectivity index (χ2n) is 9.28. The van der Waals surface area contributed by atoms with Gasteiger partial charge in [0.2, 0.25) is 5.91 Å². The van der Waals surface area contributed by atoms with Gasteiger partial charge >= 0.3 is 0 Å². The normalized spacial score (nSPS) is 29.8. The van der Waals surface area contributed by atoms with Gasteiger partial charge in [-0.05, 0) is 61.5 Å². The van der Waals surface area contributed by atoms with E-state index in [1.807, 2.05) is 35.4 Å². The lowest BCUT2D eigenvalue weighted by molar-refractivity contribution is -0.143. The summed E-state index contributed by atoms with van der Waals surface area (Å²) in [4.78, 5) is 21.8. The third-order valence-electron chi connectivity index (χ3n) is 7.39. The van der Waals surface area contributed by atoms with Gasteiger partial charge in [-0.3, -0.25) is 9.78 Å². The van der Waals surface area contributed by atoms with Crippen molar-refractivity contribution >= 4 is 5.91 Å². The molecule has 2 heterocycles. The molecule has 0 aliphatic heterocycles. The zero-order chi connectivity index (χ0) is 19.2. The van der Waals surface area contributed by atoms with Gasteiger partial charge in [0.1, 0.15) is 0 Å². The number of carbonyl (C=O) groups excluding carboxylic acids is 1. The molecule has 5 rings (SSSR count). The average molecular weight is 380 g/mol. The molecule has 0 aromatic carbocycles. The molecule has 3 atom stereocenters. The summed E-state index contributed by atoms with van der Waals surface area (Å²) < 4.78 is 2.05. The number of nitrogens with one attached hydrogen (secondary N) is 1. The molecular weight excluding hydrogens is 352 g/mol. The SMILES string of the molecule is O=C(N[C@@H]1CC(Cn2ccnc2)C[C@H]1O)C1(c2cccnc2)CC2(CCC2)C1. The minimum atomic E-state index is -0.485. The van der Waals surface area contributed by atoms with E-state index >= 15 is 0 Å². The Kier molecular flexibility index (Phi) is 4.27. The molecule has 1 spiro atoms. The number of rotatable bonds is 5. The van der Waals surface area contributed by atoms with Gasteiger partial charge in [0.05, 0.1) is 23.9 Å². The van der Waals surface area contributed by atoms with Crippen LogP contribution in [0.4, 0.5) is 0 Å². The van der Waals surface area contributed by atoms with E-state index in [1.165, 1.54) is 19.3 Å². The monoisotopic (exact) mass is 380 g/mol. The number of hydrogen-bond donors (Lipinski definition) is 2. The van der Waals surface area contributed by atoms with E-state index in [0.29, 0.717) is 17.8 Å². The van der Waals surface area contributed by atoms with E-state index in [2.05, 4.69) is 15.3 Å². The van der Waals surface area contributed by atoms with Gasteiger partial charge in [0, 0.05) is 31.3 Å². The third kappa shape index (κ3) is 2.94. The first kappa shape index (κ1) is 17.9. The van der Waals surface area contributed by atoms with Crippen LogP contribution >= 0.6 is 0 Å². The molecule has 6 nitrogen and oxygen atoms in total. The lowest BCUT2D eigenvalue weighted by Crippen LogP contribution is -2.62. The number of aromatic nitrogens is 3. The van der Waals surface area contributed by atoms with E-state index in [-0.39, 0.29) is 11.9 Å². The van der Waals surface area contributed by atoms with E-state index in [1.54, 1.807) is 12.4 Å². The van der Waals surface area contributed by atoms with Crippen molar-refractivity contribution in [1.82, 2.24) is 19.9 Å². The maximum Gasteiger partial charge on any atom is 0.231 e. The maximum atomic E-state index is 13.4. The first-order valence-electron chi connectivity index (χ1n) is 10.4. The molecule has 3 saturated carbocycles. The average Bonchev–Trinajstić information content (AvgIpc) is 3.24. The van der Waals surface area contributed by atoms with Gasteiger partial charge in [-0.15, -0.1) is 0 Å². The molecule has 3 aliphatic carbocycles. The predicted octanol–water partition coefficient (Wildman–Crippen LogP) is 2.44. The standard InChI is InChI=1S/C22H28N4O2/c27-19-10-16(12-26-8-7-24-15-26)9-18(19)25-20(28)22(17-3-1-6-23-11-17)13-21(14-22)4-2-5-21/h1,3,6-8,11,15-16,18-19,27H,2,4-5,9-10,12-14H2,(H,25,28)/t16?,18-,19-/m1/s1. The van der Waals surface area contributed by atoms with E-state index in [9.17, 15) is 9.90 Å². The minimum absolute atomic E-state index is 0.0744. The molecule has 28 heavy (non-hydrogen) atoms. The fourth-order valence-corrected chi connectivity index (χ4v) is 5.82. The van der Waals surface area contributed by atoms with Crippen LogP contribution in [0.25, 0.3) is 0 Å². The van der Waals surface area contributed by atoms with Crippen LogP contribution in [-0.2, 0) is 16.8 Å². The first-order chi connectivity index (χ1) is 13.6. The van der Waals surface area contributed by atoms with Crippen LogP contribution in [0.1, 0.15) is 50.5 Å². The molecule has 1 amide bonds. The fourth-order valence-electron chi connectivity index (χ4n) is 5.82. The van der Waals surface area contributed by atoms with Crippen LogP contribution in [0.5, 0.6) is 0 Å². The summed E-state index contributed by atoms with van der Waals surface area (Å²) in [6.45, 7) is 0.834. The Morgan fingerprint density at radius 2 is 2.11 bits per heavy atom. The summed E-state index contributed by atoms with van der Waals surface area (Å²) in [5.41, 5.74) is 0.912. The summed E-state index contributed by atoms with van der Waals surface area (Å²) in [7, 11) is 0. The molecule has 3 aliphatic rings. The lowest BCUT2D eigenvalue weighted by Gasteiger charge is -2.60. The predicted molar refractivity (Wildman–Crippen MR) is 104 cm³/mol. The van der Waals surface area contributed by atoms with Crippen LogP contribution in [0.15, 0.2) is 43.2 Å². The van der Waals surface area contributed by atoms with Crippen molar-refractivity contribution in [2.24, 2.45) is 11.3 Å². The Morgan fingerprint density at radius 3 is 2.75 bits per heavy atom. The quantitative estimate of drug-likeness (QED) is 0.835. The molecule has 0 bridgehead atoms. The third-order valence-corrected chi connectivity index (χ3v) is 7.39. The molecular formula is C22H28N4O2. The van der Waals surface area contributed by atoms with E-state index in [0.717, 1.165) is 31.4 Å². The summed E-state index contributed by atoms with van der Waals surface area (Å²) in [5, 5.41) is 13.8. The number of aliphatic hydroxyl groups excluding tert-OH is 1. The van der Waals surface area contributed by atoms with Gasteiger partial charge in [-0.2, -0.15) is 0 Å². The zero-order valence-electron chi connectivity index (χ0n) is 16.1. The van der Waals surface area contributed by atoms with E-state index < -0.39 is 11.5 Å².